The molecular weight excluding hydrogens is 232 g/mol. The molecular formula is C13H26N2O3. The van der Waals surface area contributed by atoms with Gasteiger partial charge in [-0.25, -0.2) is 0 Å². The molecule has 1 atom stereocenters. The maximum atomic E-state index is 8.91. The van der Waals surface area contributed by atoms with E-state index < -0.39 is 0 Å². The second-order valence-electron chi connectivity index (χ2n) is 4.71. The van der Waals surface area contributed by atoms with Gasteiger partial charge in [-0.15, -0.1) is 0 Å². The van der Waals surface area contributed by atoms with Crippen LogP contribution in [0.25, 0.3) is 0 Å². The molecule has 1 saturated heterocycles. The SMILES string of the molecule is CCC1CN(CCCOCCOC)CCC1=NO. The Hall–Kier alpha value is -0.650. The minimum absolute atomic E-state index is 0.415. The Morgan fingerprint density at radius 3 is 2.89 bits per heavy atom. The van der Waals surface area contributed by atoms with E-state index in [-0.39, 0.29) is 0 Å². The molecule has 1 aliphatic rings. The normalized spacial score (nSPS) is 23.7. The Morgan fingerprint density at radius 1 is 1.39 bits per heavy atom. The molecule has 18 heavy (non-hydrogen) atoms. The van der Waals surface area contributed by atoms with Crippen LogP contribution in [0.1, 0.15) is 26.2 Å². The van der Waals surface area contributed by atoms with Crippen LogP contribution >= 0.6 is 0 Å². The highest BCUT2D eigenvalue weighted by Gasteiger charge is 2.24. The number of ether oxygens (including phenoxy) is 2. The van der Waals surface area contributed by atoms with Gasteiger partial charge < -0.3 is 19.6 Å². The van der Waals surface area contributed by atoms with E-state index >= 15 is 0 Å². The van der Waals surface area contributed by atoms with E-state index in [2.05, 4.69) is 17.0 Å². The third-order valence-electron chi connectivity index (χ3n) is 3.45. The second-order valence-corrected chi connectivity index (χ2v) is 4.71. The van der Waals surface area contributed by atoms with Crippen LogP contribution in [0.15, 0.2) is 5.16 Å². The Morgan fingerprint density at radius 2 is 2.22 bits per heavy atom. The van der Waals surface area contributed by atoms with Crippen molar-refractivity contribution in [1.29, 1.82) is 0 Å². The number of piperidine rings is 1. The summed E-state index contributed by atoms with van der Waals surface area (Å²) in [5, 5.41) is 12.3. The summed E-state index contributed by atoms with van der Waals surface area (Å²) in [5.74, 6) is 0.415. The average molecular weight is 258 g/mol. The number of oxime groups is 1. The minimum atomic E-state index is 0.415. The fourth-order valence-corrected chi connectivity index (χ4v) is 2.32. The fraction of sp³-hybridized carbons (Fsp3) is 0.923. The van der Waals surface area contributed by atoms with Gasteiger partial charge in [-0.2, -0.15) is 0 Å². The zero-order valence-electron chi connectivity index (χ0n) is 11.6. The zero-order chi connectivity index (χ0) is 13.2. The Kier molecular flexibility index (Phi) is 7.96. The lowest BCUT2D eigenvalue weighted by Crippen LogP contribution is -2.41. The van der Waals surface area contributed by atoms with Gasteiger partial charge >= 0.3 is 0 Å². The van der Waals surface area contributed by atoms with E-state index in [1.807, 2.05) is 0 Å². The van der Waals surface area contributed by atoms with E-state index in [0.717, 1.165) is 51.2 Å². The van der Waals surface area contributed by atoms with E-state index in [0.29, 0.717) is 19.1 Å². The van der Waals surface area contributed by atoms with Crippen LogP contribution in [0.4, 0.5) is 0 Å². The summed E-state index contributed by atoms with van der Waals surface area (Å²) in [6.45, 7) is 7.34. The van der Waals surface area contributed by atoms with Gasteiger partial charge in [0, 0.05) is 45.7 Å². The number of likely N-dealkylation sites (tertiary alicyclic amines) is 1. The van der Waals surface area contributed by atoms with Crippen molar-refractivity contribution in [2.45, 2.75) is 26.2 Å². The number of rotatable bonds is 8. The van der Waals surface area contributed by atoms with E-state index in [4.69, 9.17) is 14.7 Å². The van der Waals surface area contributed by atoms with E-state index in [9.17, 15) is 0 Å². The van der Waals surface area contributed by atoms with Gasteiger partial charge in [-0.1, -0.05) is 12.1 Å². The van der Waals surface area contributed by atoms with Crippen LogP contribution < -0.4 is 0 Å². The number of methoxy groups -OCH3 is 1. The molecule has 1 heterocycles. The minimum Gasteiger partial charge on any atom is -0.411 e. The highest BCUT2D eigenvalue weighted by atomic mass is 16.5. The van der Waals surface area contributed by atoms with E-state index in [1.54, 1.807) is 7.11 Å². The zero-order valence-corrected chi connectivity index (χ0v) is 11.6. The summed E-state index contributed by atoms with van der Waals surface area (Å²) in [4.78, 5) is 2.43. The maximum Gasteiger partial charge on any atom is 0.0700 e. The summed E-state index contributed by atoms with van der Waals surface area (Å²) in [6.07, 6.45) is 2.98. The van der Waals surface area contributed by atoms with Gasteiger partial charge in [-0.05, 0) is 12.8 Å². The molecule has 5 heteroatoms. The first-order valence-electron chi connectivity index (χ1n) is 6.81. The van der Waals surface area contributed by atoms with Crippen LogP contribution in [0.3, 0.4) is 0 Å². The van der Waals surface area contributed by atoms with Crippen LogP contribution in [0.5, 0.6) is 0 Å². The van der Waals surface area contributed by atoms with Crippen LogP contribution in [-0.4, -0.2) is 62.4 Å². The first-order valence-corrected chi connectivity index (χ1v) is 6.81. The third-order valence-corrected chi connectivity index (χ3v) is 3.45. The molecule has 0 saturated carbocycles. The van der Waals surface area contributed by atoms with Crippen molar-refractivity contribution in [2.75, 3.05) is 46.6 Å². The summed E-state index contributed by atoms with van der Waals surface area (Å²) in [7, 11) is 1.68. The summed E-state index contributed by atoms with van der Waals surface area (Å²) in [6, 6.07) is 0. The van der Waals surface area contributed by atoms with Crippen LogP contribution in [0.2, 0.25) is 0 Å². The molecule has 1 N–H and O–H groups in total. The standard InChI is InChI=1S/C13H26N2O3/c1-3-12-11-15(7-5-13(12)14-16)6-4-8-18-10-9-17-2/h12,16H,3-11H2,1-2H3. The highest BCUT2D eigenvalue weighted by Crippen LogP contribution is 2.17. The first kappa shape index (κ1) is 15.4. The monoisotopic (exact) mass is 258 g/mol. The van der Waals surface area contributed by atoms with Gasteiger partial charge in [0.25, 0.3) is 0 Å². The Labute approximate surface area is 110 Å². The van der Waals surface area contributed by atoms with Crippen molar-refractivity contribution >= 4 is 5.71 Å². The second kappa shape index (κ2) is 9.30. The molecule has 0 aromatic carbocycles. The molecule has 1 unspecified atom stereocenters. The van der Waals surface area contributed by atoms with Gasteiger partial charge in [-0.3, -0.25) is 0 Å². The largest absolute Gasteiger partial charge is 0.411 e. The van der Waals surface area contributed by atoms with Gasteiger partial charge in [0.1, 0.15) is 0 Å². The smallest absolute Gasteiger partial charge is 0.0700 e. The lowest BCUT2D eigenvalue weighted by atomic mass is 9.93. The molecule has 0 aliphatic carbocycles. The maximum absolute atomic E-state index is 8.91. The lowest BCUT2D eigenvalue weighted by Gasteiger charge is -2.32. The molecule has 1 aliphatic heterocycles. The predicted molar refractivity (Wildman–Crippen MR) is 71.4 cm³/mol. The molecule has 0 aromatic heterocycles. The van der Waals surface area contributed by atoms with Crippen molar-refractivity contribution in [2.24, 2.45) is 11.1 Å². The third kappa shape index (κ3) is 5.33. The van der Waals surface area contributed by atoms with Crippen molar-refractivity contribution in [3.05, 3.63) is 0 Å². The van der Waals surface area contributed by atoms with Crippen LogP contribution in [0, 0.1) is 5.92 Å². The van der Waals surface area contributed by atoms with Crippen molar-refractivity contribution in [3.63, 3.8) is 0 Å². The Bertz CT molecular complexity index is 246. The average Bonchev–Trinajstić information content (AvgIpc) is 2.42. The quantitative estimate of drug-likeness (QED) is 0.408. The van der Waals surface area contributed by atoms with Crippen molar-refractivity contribution in [1.82, 2.24) is 4.90 Å². The van der Waals surface area contributed by atoms with Crippen molar-refractivity contribution in [3.8, 4) is 0 Å². The molecule has 1 rings (SSSR count). The number of hydrogen-bond donors (Lipinski definition) is 1. The van der Waals surface area contributed by atoms with Crippen LogP contribution in [-0.2, 0) is 9.47 Å². The molecule has 0 radical (unpaired) electrons. The lowest BCUT2D eigenvalue weighted by molar-refractivity contribution is 0.0644. The summed E-state index contributed by atoms with van der Waals surface area (Å²) in [5.41, 5.74) is 0.963. The van der Waals surface area contributed by atoms with Gasteiger partial charge in [0.2, 0.25) is 0 Å². The van der Waals surface area contributed by atoms with E-state index in [1.165, 1.54) is 0 Å². The predicted octanol–water partition coefficient (Wildman–Crippen LogP) is 1.60. The van der Waals surface area contributed by atoms with Crippen molar-refractivity contribution < 1.29 is 14.7 Å². The summed E-state index contributed by atoms with van der Waals surface area (Å²) >= 11 is 0. The molecule has 0 bridgehead atoms. The molecule has 1 fully saturated rings. The first-order chi connectivity index (χ1) is 8.81. The Balaban J connectivity index is 2.12. The van der Waals surface area contributed by atoms with Gasteiger partial charge in [0.05, 0.1) is 18.9 Å². The van der Waals surface area contributed by atoms with Gasteiger partial charge in [0.15, 0.2) is 0 Å². The molecule has 106 valence electrons. The number of hydrogen-bond acceptors (Lipinski definition) is 5. The molecule has 0 spiro atoms. The summed E-state index contributed by atoms with van der Waals surface area (Å²) < 4.78 is 10.4. The molecule has 0 amide bonds. The number of nitrogens with zero attached hydrogens (tertiary/aromatic N) is 2. The highest BCUT2D eigenvalue weighted by molar-refractivity contribution is 5.87. The fourth-order valence-electron chi connectivity index (χ4n) is 2.32. The molecule has 5 nitrogen and oxygen atoms in total. The molecule has 0 aromatic rings. The topological polar surface area (TPSA) is 54.3 Å².